The number of nitrogens with one attached hydrogen (secondary N) is 1. The van der Waals surface area contributed by atoms with Crippen LogP contribution in [0.3, 0.4) is 0 Å². The topological polar surface area (TPSA) is 70.2 Å². The Kier molecular flexibility index (Phi) is 2.44. The van der Waals surface area contributed by atoms with Crippen molar-refractivity contribution in [2.45, 2.75) is 29.8 Å². The summed E-state index contributed by atoms with van der Waals surface area (Å²) in [5, 5.41) is 9.51. The molecule has 8 heteroatoms. The minimum Gasteiger partial charge on any atom is -0.382 e. The van der Waals surface area contributed by atoms with Crippen LogP contribution in [0.2, 0.25) is 1.41 Å². The number of aliphatic hydroxyl groups excluding tert-OH is 1. The molecule has 4 nitrogen and oxygen atoms in total. The number of fused-ring (bicyclic) bond motifs is 1. The molecule has 0 saturated carbocycles. The van der Waals surface area contributed by atoms with Crippen LogP contribution in [-0.2, 0) is 16.3 Å². The molecule has 96 valence electrons. The second kappa shape index (κ2) is 3.74. The van der Waals surface area contributed by atoms with Gasteiger partial charge in [-0.3, -0.25) is 0 Å². The molecule has 1 unspecified atom stereocenters. The second-order valence-electron chi connectivity index (χ2n) is 3.87. The zero-order valence-electron chi connectivity index (χ0n) is 9.53. The number of alkyl halides is 3. The van der Waals surface area contributed by atoms with Crippen LogP contribution in [-0.4, -0.2) is 30.4 Å². The van der Waals surface area contributed by atoms with Crippen LogP contribution < -0.4 is 0 Å². The first-order valence-corrected chi connectivity index (χ1v) is 6.44. The van der Waals surface area contributed by atoms with Crippen molar-refractivity contribution >= 4 is 9.84 Å². The molecule has 1 aromatic heterocycles. The molecule has 1 aliphatic rings. The number of halogens is 3. The summed E-state index contributed by atoms with van der Waals surface area (Å²) in [4.78, 5) is -0.141. The second-order valence-corrected chi connectivity index (χ2v) is 5.76. The first-order valence-electron chi connectivity index (χ1n) is 5.23. The van der Waals surface area contributed by atoms with E-state index in [2.05, 4.69) is 0 Å². The van der Waals surface area contributed by atoms with Crippen molar-refractivity contribution in [2.24, 2.45) is 0 Å². The molecule has 1 aromatic rings. The first kappa shape index (κ1) is 11.1. The van der Waals surface area contributed by atoms with Gasteiger partial charge in [0.15, 0.2) is 7.42 Å². The van der Waals surface area contributed by atoms with E-state index in [1.807, 2.05) is 0 Å². The van der Waals surface area contributed by atoms with Gasteiger partial charge in [0.05, 0.1) is 4.90 Å². The number of hydrogen-bond donors (Lipinski definition) is 2. The highest BCUT2D eigenvalue weighted by molar-refractivity contribution is 7.91. The molecule has 0 aliphatic heterocycles. The van der Waals surface area contributed by atoms with Crippen LogP contribution in [0.1, 0.15) is 23.8 Å². The maximum absolute atomic E-state index is 13.3. The Labute approximate surface area is 96.8 Å². The van der Waals surface area contributed by atoms with E-state index < -0.39 is 44.8 Å². The van der Waals surface area contributed by atoms with E-state index in [0.717, 1.165) is 6.20 Å². The van der Waals surface area contributed by atoms with Gasteiger partial charge in [-0.25, -0.2) is 21.6 Å². The van der Waals surface area contributed by atoms with Gasteiger partial charge in [-0.15, -0.1) is 0 Å². The highest BCUT2D eigenvalue weighted by atomic mass is 32.2. The maximum atomic E-state index is 13.3. The summed E-state index contributed by atoms with van der Waals surface area (Å²) in [6.45, 7) is 0. The maximum Gasteiger partial charge on any atom is 0.278 e. The third-order valence-electron chi connectivity index (χ3n) is 2.76. The predicted octanol–water partition coefficient (Wildman–Crippen LogP) is 1.33. The van der Waals surface area contributed by atoms with Gasteiger partial charge in [-0.2, -0.15) is 0 Å². The van der Waals surface area contributed by atoms with Crippen LogP contribution in [0.25, 0.3) is 0 Å². The standard InChI is InChI=1S/C9H10F3NO3S/c10-4-17(15,16)6-3-13-5-1-2-9(11,12)8(14)7(5)6/h3,8,13-14H,1-2,4H2/i/hD. The molecule has 1 heterocycles. The summed E-state index contributed by atoms with van der Waals surface area (Å²) >= 11 is 0. The monoisotopic (exact) mass is 270 g/mol. The van der Waals surface area contributed by atoms with Crippen LogP contribution in [0.15, 0.2) is 11.1 Å². The zero-order chi connectivity index (χ0) is 13.7. The third kappa shape index (κ3) is 1.85. The molecular weight excluding hydrogens is 259 g/mol. The fraction of sp³-hybridized carbons (Fsp3) is 0.556. The van der Waals surface area contributed by atoms with Crippen molar-refractivity contribution in [2.75, 3.05) is 6.01 Å². The van der Waals surface area contributed by atoms with Gasteiger partial charge >= 0.3 is 0 Å². The average molecular weight is 270 g/mol. The molecular formula is C9H10F3NO3S. The Bertz CT molecular complexity index is 584. The van der Waals surface area contributed by atoms with E-state index in [1.54, 1.807) is 0 Å². The molecule has 0 fully saturated rings. The quantitative estimate of drug-likeness (QED) is 0.851. The molecule has 2 rings (SSSR count). The van der Waals surface area contributed by atoms with Gasteiger partial charge in [0.1, 0.15) is 6.10 Å². The lowest BCUT2D eigenvalue weighted by molar-refractivity contribution is -0.122. The lowest BCUT2D eigenvalue weighted by Gasteiger charge is -2.28. The number of aromatic amines is 1. The largest absolute Gasteiger partial charge is 0.382 e. The van der Waals surface area contributed by atoms with Crippen LogP contribution in [0.5, 0.6) is 0 Å². The summed E-state index contributed by atoms with van der Waals surface area (Å²) in [6.07, 6.45) is -2.52. The van der Waals surface area contributed by atoms with E-state index in [0.29, 0.717) is 4.98 Å². The van der Waals surface area contributed by atoms with Crippen molar-refractivity contribution in [3.05, 3.63) is 17.5 Å². The summed E-state index contributed by atoms with van der Waals surface area (Å²) in [7, 11) is -4.40. The summed E-state index contributed by atoms with van der Waals surface area (Å²) in [5.74, 6) is -3.48. The number of aliphatic hydroxyl groups is 1. The summed E-state index contributed by atoms with van der Waals surface area (Å²) in [6, 6.07) is -1.76. The molecule has 0 radical (unpaired) electrons. The van der Waals surface area contributed by atoms with Gasteiger partial charge in [0, 0.05) is 23.9 Å². The minimum atomic E-state index is -4.40. The molecule has 2 N–H and O–H groups in total. The smallest absolute Gasteiger partial charge is 0.278 e. The van der Waals surface area contributed by atoms with Crippen molar-refractivity contribution in [1.82, 2.24) is 4.98 Å². The van der Waals surface area contributed by atoms with Crippen LogP contribution in [0.4, 0.5) is 13.2 Å². The number of hydrogen-bond acceptors (Lipinski definition) is 3. The van der Waals surface area contributed by atoms with Gasteiger partial charge in [0.25, 0.3) is 5.92 Å². The summed E-state index contributed by atoms with van der Waals surface area (Å²) in [5.41, 5.74) is -0.584. The Morgan fingerprint density at radius 3 is 2.88 bits per heavy atom. The van der Waals surface area contributed by atoms with Gasteiger partial charge < -0.3 is 10.1 Å². The molecule has 0 aromatic carbocycles. The number of aromatic nitrogens is 1. The fourth-order valence-electron chi connectivity index (χ4n) is 1.85. The number of H-pyrrole nitrogens is 1. The van der Waals surface area contributed by atoms with Crippen molar-refractivity contribution < 1.29 is 28.1 Å². The van der Waals surface area contributed by atoms with E-state index in [-0.39, 0.29) is 12.1 Å². The number of sulfone groups is 1. The first-order chi connectivity index (χ1) is 8.20. The minimum absolute atomic E-state index is 0.0274. The highest BCUT2D eigenvalue weighted by Gasteiger charge is 2.46. The number of rotatable bonds is 2. The van der Waals surface area contributed by atoms with Gasteiger partial charge in [0.2, 0.25) is 9.84 Å². The lowest BCUT2D eigenvalue weighted by atomic mass is 9.92. The molecule has 1 atom stereocenters. The van der Waals surface area contributed by atoms with E-state index in [4.69, 9.17) is 1.41 Å². The SMILES string of the molecule is [2H]n1cc(S(=O)(=O)CF)c2c1CCC(F)(F)C2O. The van der Waals surface area contributed by atoms with E-state index in [1.165, 1.54) is 0 Å². The normalized spacial score (nSPS) is 24.2. The van der Waals surface area contributed by atoms with Crippen LogP contribution >= 0.6 is 0 Å². The fourth-order valence-corrected chi connectivity index (χ4v) is 2.74. The highest BCUT2D eigenvalue weighted by Crippen LogP contribution is 2.43. The third-order valence-corrected chi connectivity index (χ3v) is 4.04. The van der Waals surface area contributed by atoms with Gasteiger partial charge in [-0.05, 0) is 6.42 Å². The Morgan fingerprint density at radius 1 is 1.65 bits per heavy atom. The molecule has 0 amide bonds. The van der Waals surface area contributed by atoms with Gasteiger partial charge in [-0.1, -0.05) is 0 Å². The Hall–Kier alpha value is -1.02. The Balaban J connectivity index is 2.68. The summed E-state index contributed by atoms with van der Waals surface area (Å²) < 4.78 is 69.4. The Morgan fingerprint density at radius 2 is 2.29 bits per heavy atom. The van der Waals surface area contributed by atoms with Crippen molar-refractivity contribution in [3.8, 4) is 0 Å². The molecule has 0 bridgehead atoms. The van der Waals surface area contributed by atoms with Crippen LogP contribution in [0, 0.1) is 0 Å². The van der Waals surface area contributed by atoms with E-state index in [9.17, 15) is 26.7 Å². The average Bonchev–Trinajstić information content (AvgIpc) is 2.63. The predicted molar refractivity (Wildman–Crippen MR) is 52.2 cm³/mol. The molecule has 1 aliphatic carbocycles. The zero-order valence-corrected chi connectivity index (χ0v) is 9.35. The molecule has 17 heavy (non-hydrogen) atoms. The lowest BCUT2D eigenvalue weighted by Crippen LogP contribution is -2.32. The van der Waals surface area contributed by atoms with Crippen molar-refractivity contribution in [1.29, 1.82) is 0 Å². The molecule has 0 spiro atoms. The molecule has 0 saturated heterocycles. The van der Waals surface area contributed by atoms with Crippen molar-refractivity contribution in [3.63, 3.8) is 0 Å². The van der Waals surface area contributed by atoms with E-state index >= 15 is 0 Å².